The van der Waals surface area contributed by atoms with E-state index in [9.17, 15) is 14.4 Å². The zero-order valence-corrected chi connectivity index (χ0v) is 20.5. The van der Waals surface area contributed by atoms with E-state index in [1.165, 1.54) is 23.3 Å². The summed E-state index contributed by atoms with van der Waals surface area (Å²) < 4.78 is 10.8. The van der Waals surface area contributed by atoms with Crippen LogP contribution in [0.15, 0.2) is 51.7 Å². The molecule has 2 aromatic carbocycles. The van der Waals surface area contributed by atoms with E-state index in [4.69, 9.17) is 9.15 Å². The first-order valence-electron chi connectivity index (χ1n) is 11.2. The van der Waals surface area contributed by atoms with Gasteiger partial charge in [-0.2, -0.15) is 0 Å². The summed E-state index contributed by atoms with van der Waals surface area (Å²) in [5, 5.41) is 10.2. The van der Waals surface area contributed by atoms with Crippen molar-refractivity contribution in [1.29, 1.82) is 0 Å². The average Bonchev–Trinajstić information content (AvgIpc) is 3.41. The first kappa shape index (κ1) is 22.9. The van der Waals surface area contributed by atoms with Crippen molar-refractivity contribution in [3.63, 3.8) is 0 Å². The number of hydrogen-bond donors (Lipinski definition) is 0. The molecule has 1 unspecified atom stereocenters. The lowest BCUT2D eigenvalue weighted by atomic mass is 9.97. The van der Waals surface area contributed by atoms with E-state index in [2.05, 4.69) is 24.0 Å². The summed E-state index contributed by atoms with van der Waals surface area (Å²) >= 11 is 1.32. The molecule has 0 spiro atoms. The summed E-state index contributed by atoms with van der Waals surface area (Å²) in [6, 6.07) is 11.2. The number of hydrogen-bond acceptors (Lipinski definition) is 8. The van der Waals surface area contributed by atoms with Gasteiger partial charge in [0.25, 0.3) is 5.91 Å². The van der Waals surface area contributed by atoms with Gasteiger partial charge in [0.15, 0.2) is 5.43 Å². The lowest BCUT2D eigenvalue weighted by molar-refractivity contribution is 0.0600. The van der Waals surface area contributed by atoms with Gasteiger partial charge in [0, 0.05) is 6.42 Å². The van der Waals surface area contributed by atoms with Crippen LogP contribution in [0, 0.1) is 12.8 Å². The monoisotopic (exact) mass is 489 g/mol. The van der Waals surface area contributed by atoms with E-state index in [0.717, 1.165) is 17.0 Å². The second-order valence-electron chi connectivity index (χ2n) is 8.94. The number of methoxy groups -OCH3 is 1. The summed E-state index contributed by atoms with van der Waals surface area (Å²) in [7, 11) is 1.31. The first-order chi connectivity index (χ1) is 16.8. The Hall–Kier alpha value is -3.85. The van der Waals surface area contributed by atoms with Gasteiger partial charge in [0.2, 0.25) is 10.9 Å². The molecule has 0 N–H and O–H groups in total. The molecule has 1 amide bonds. The van der Waals surface area contributed by atoms with E-state index >= 15 is 0 Å². The minimum atomic E-state index is -0.773. The van der Waals surface area contributed by atoms with Crippen LogP contribution in [0.2, 0.25) is 0 Å². The third-order valence-electron chi connectivity index (χ3n) is 5.92. The van der Waals surface area contributed by atoms with Crippen LogP contribution in [-0.2, 0) is 11.2 Å². The summed E-state index contributed by atoms with van der Waals surface area (Å²) in [6.07, 6.45) is 0.728. The van der Waals surface area contributed by atoms with E-state index in [1.54, 1.807) is 36.4 Å². The molecule has 0 aliphatic carbocycles. The fourth-order valence-corrected chi connectivity index (χ4v) is 5.37. The molecule has 1 aliphatic heterocycles. The SMILES string of the molecule is COC(=O)c1ccc(C2c3c(oc4ccc(C)cc4c3=O)C(=O)N2c2nnc(CC(C)C)s2)cc1. The molecule has 0 fully saturated rings. The number of benzene rings is 2. The van der Waals surface area contributed by atoms with Crippen molar-refractivity contribution >= 4 is 39.3 Å². The number of amides is 1. The van der Waals surface area contributed by atoms with Gasteiger partial charge in [-0.15, -0.1) is 10.2 Å². The van der Waals surface area contributed by atoms with Gasteiger partial charge in [-0.3, -0.25) is 14.5 Å². The quantitative estimate of drug-likeness (QED) is 0.375. The third-order valence-corrected chi connectivity index (χ3v) is 6.86. The van der Waals surface area contributed by atoms with Crippen LogP contribution in [0.4, 0.5) is 5.13 Å². The number of ether oxygens (including phenoxy) is 1. The Labute approximate surface area is 205 Å². The molecule has 3 heterocycles. The van der Waals surface area contributed by atoms with Crippen LogP contribution in [0.25, 0.3) is 11.0 Å². The minimum Gasteiger partial charge on any atom is -0.465 e. The molecule has 1 aliphatic rings. The molecule has 4 aromatic rings. The van der Waals surface area contributed by atoms with E-state index in [0.29, 0.717) is 33.1 Å². The maximum Gasteiger partial charge on any atom is 0.337 e. The molecule has 0 saturated heterocycles. The molecule has 9 heteroatoms. The number of carbonyl (C=O) groups excluding carboxylic acids is 2. The van der Waals surface area contributed by atoms with E-state index in [1.807, 2.05) is 13.0 Å². The van der Waals surface area contributed by atoms with Gasteiger partial charge < -0.3 is 9.15 Å². The van der Waals surface area contributed by atoms with Gasteiger partial charge in [-0.1, -0.05) is 48.9 Å². The standard InChI is InChI=1S/C26H23N3O5S/c1-13(2)11-19-27-28-26(35-19)29-21(15-6-8-16(9-7-15)25(32)33-4)20-22(30)17-12-14(3)5-10-18(17)34-23(20)24(29)31/h5-10,12-13,21H,11H2,1-4H3. The van der Waals surface area contributed by atoms with Crippen molar-refractivity contribution in [2.75, 3.05) is 12.0 Å². The molecule has 178 valence electrons. The summed E-state index contributed by atoms with van der Waals surface area (Å²) in [4.78, 5) is 40.8. The molecule has 0 radical (unpaired) electrons. The average molecular weight is 490 g/mol. The largest absolute Gasteiger partial charge is 0.465 e. The summed E-state index contributed by atoms with van der Waals surface area (Å²) in [5.74, 6) is -0.552. The number of rotatable bonds is 5. The van der Waals surface area contributed by atoms with Crippen LogP contribution in [-0.4, -0.2) is 29.2 Å². The normalized spacial score (nSPS) is 15.2. The Kier molecular flexibility index (Phi) is 5.72. The smallest absolute Gasteiger partial charge is 0.337 e. The van der Waals surface area contributed by atoms with Crippen LogP contribution < -0.4 is 10.3 Å². The maximum absolute atomic E-state index is 13.7. The van der Waals surface area contributed by atoms with Crippen molar-refractivity contribution < 1.29 is 18.7 Å². The number of aromatic nitrogens is 2. The van der Waals surface area contributed by atoms with Gasteiger partial charge in [-0.05, 0) is 42.7 Å². The van der Waals surface area contributed by atoms with E-state index in [-0.39, 0.29) is 16.8 Å². The minimum absolute atomic E-state index is 0.00555. The molecular formula is C26H23N3O5S. The van der Waals surface area contributed by atoms with Crippen LogP contribution in [0.3, 0.4) is 0 Å². The number of nitrogens with zero attached hydrogens (tertiary/aromatic N) is 3. The van der Waals surface area contributed by atoms with Gasteiger partial charge in [-0.25, -0.2) is 4.79 Å². The molecule has 2 aromatic heterocycles. The Morgan fingerprint density at radius 2 is 1.89 bits per heavy atom. The van der Waals surface area contributed by atoms with Gasteiger partial charge in [0.1, 0.15) is 10.6 Å². The lowest BCUT2D eigenvalue weighted by Crippen LogP contribution is -2.29. The topological polar surface area (TPSA) is 103 Å². The van der Waals surface area contributed by atoms with Crippen LogP contribution in [0.1, 0.15) is 62.5 Å². The number of anilines is 1. The predicted molar refractivity (Wildman–Crippen MR) is 132 cm³/mol. The number of aryl methyl sites for hydroxylation is 1. The Balaban J connectivity index is 1.71. The van der Waals surface area contributed by atoms with Crippen molar-refractivity contribution in [2.45, 2.75) is 33.2 Å². The molecular weight excluding hydrogens is 466 g/mol. The van der Waals surface area contributed by atoms with Crippen molar-refractivity contribution in [1.82, 2.24) is 10.2 Å². The lowest BCUT2D eigenvalue weighted by Gasteiger charge is -2.22. The fourth-order valence-electron chi connectivity index (χ4n) is 4.29. The summed E-state index contributed by atoms with van der Waals surface area (Å²) in [6.45, 7) is 6.06. The molecule has 8 nitrogen and oxygen atoms in total. The molecule has 0 bridgehead atoms. The number of carbonyl (C=O) groups is 2. The van der Waals surface area contributed by atoms with Gasteiger partial charge in [0.05, 0.1) is 29.7 Å². The van der Waals surface area contributed by atoms with Crippen LogP contribution in [0.5, 0.6) is 0 Å². The highest BCUT2D eigenvalue weighted by Crippen LogP contribution is 2.42. The Bertz CT molecular complexity index is 1520. The number of esters is 1. The molecule has 0 saturated carbocycles. The Morgan fingerprint density at radius 1 is 1.14 bits per heavy atom. The van der Waals surface area contributed by atoms with Crippen LogP contribution >= 0.6 is 11.3 Å². The highest BCUT2D eigenvalue weighted by atomic mass is 32.1. The molecule has 35 heavy (non-hydrogen) atoms. The van der Waals surface area contributed by atoms with Crippen molar-refractivity contribution in [3.8, 4) is 0 Å². The van der Waals surface area contributed by atoms with E-state index < -0.39 is 17.9 Å². The first-order valence-corrected chi connectivity index (χ1v) is 12.0. The van der Waals surface area contributed by atoms with Gasteiger partial charge >= 0.3 is 5.97 Å². The zero-order chi connectivity index (χ0) is 24.9. The number of fused-ring (bicyclic) bond motifs is 2. The predicted octanol–water partition coefficient (Wildman–Crippen LogP) is 4.69. The molecule has 1 atom stereocenters. The highest BCUT2D eigenvalue weighted by molar-refractivity contribution is 7.15. The Morgan fingerprint density at radius 3 is 2.57 bits per heavy atom. The van der Waals surface area contributed by atoms with Crippen molar-refractivity contribution in [3.05, 3.63) is 85.7 Å². The fraction of sp³-hybridized carbons (Fsp3) is 0.269. The second kappa shape index (κ2) is 8.74. The third kappa shape index (κ3) is 3.91. The second-order valence-corrected chi connectivity index (χ2v) is 9.98. The van der Waals surface area contributed by atoms with Crippen molar-refractivity contribution in [2.24, 2.45) is 5.92 Å². The maximum atomic E-state index is 13.7. The summed E-state index contributed by atoms with van der Waals surface area (Å²) in [5.41, 5.74) is 2.25. The highest BCUT2D eigenvalue weighted by Gasteiger charge is 2.45. The molecule has 5 rings (SSSR count). The zero-order valence-electron chi connectivity index (χ0n) is 19.7.